The number of imide groups is 1. The van der Waals surface area contributed by atoms with E-state index in [0.717, 1.165) is 4.90 Å². The largest absolute Gasteiger partial charge is 0.380 e. The first-order chi connectivity index (χ1) is 36.8. The average molecular weight is 1060 g/mol. The quantitative estimate of drug-likeness (QED) is 0.0399. The second kappa shape index (κ2) is 23.3. The van der Waals surface area contributed by atoms with E-state index in [1.165, 1.54) is 34.7 Å². The second-order valence-electron chi connectivity index (χ2n) is 20.2. The highest BCUT2D eigenvalue weighted by Gasteiger charge is 2.46. The molecule has 2 aromatic heterocycles. The van der Waals surface area contributed by atoms with Crippen molar-refractivity contribution in [3.05, 3.63) is 110 Å². The molecule has 2 aromatic carbocycles. The van der Waals surface area contributed by atoms with E-state index in [-0.39, 0.29) is 74.7 Å². The number of pyridine rings is 2. The van der Waals surface area contributed by atoms with Crippen LogP contribution in [0.25, 0.3) is 22.3 Å². The Morgan fingerprint density at radius 2 is 1.56 bits per heavy atom. The summed E-state index contributed by atoms with van der Waals surface area (Å²) in [4.78, 5) is 127. The molecule has 2 unspecified atom stereocenters. The Labute approximate surface area is 443 Å². The SMILES string of the molecule is CC[C@]1(O)c2cc3n(c(=O)c2COC1O)Cc1c-3nc2cc(F)c(C)c3c2c1CC(N(C(=O)CNC(=O)[C@H](Cc1ccccc1)NC(=O)CNC(=O)CNC(=O)CCCCCN1C(=O)C=CC1=O)[C@H](C(=O)NC)C(C)C)C3. The first-order valence-corrected chi connectivity index (χ1v) is 25.9. The van der Waals surface area contributed by atoms with Gasteiger partial charge in [0.1, 0.15) is 23.5 Å². The van der Waals surface area contributed by atoms with Crippen molar-refractivity contribution in [1.29, 1.82) is 0 Å². The molecule has 1 aliphatic carbocycles. The van der Waals surface area contributed by atoms with Crippen molar-refractivity contribution in [2.75, 3.05) is 33.2 Å². The van der Waals surface area contributed by atoms with E-state index in [2.05, 4.69) is 26.6 Å². The number of aliphatic hydroxyl groups excluding tert-OH is 1. The number of rotatable bonds is 21. The van der Waals surface area contributed by atoms with E-state index in [1.54, 1.807) is 64.1 Å². The highest BCUT2D eigenvalue weighted by atomic mass is 19.1. The van der Waals surface area contributed by atoms with E-state index in [4.69, 9.17) is 9.72 Å². The van der Waals surface area contributed by atoms with Crippen LogP contribution in [0.5, 0.6) is 0 Å². The lowest BCUT2D eigenvalue weighted by Gasteiger charge is -2.42. The Morgan fingerprint density at radius 3 is 2.25 bits per heavy atom. The summed E-state index contributed by atoms with van der Waals surface area (Å²) >= 11 is 0. The predicted molar refractivity (Wildman–Crippen MR) is 276 cm³/mol. The smallest absolute Gasteiger partial charge is 0.257 e. The molecule has 408 valence electrons. The van der Waals surface area contributed by atoms with E-state index >= 15 is 4.39 Å². The number of carbonyl (C=O) groups excluding carboxylic acids is 8. The number of unbranched alkanes of at least 4 members (excludes halogenated alkanes) is 2. The number of benzene rings is 2. The van der Waals surface area contributed by atoms with Gasteiger partial charge in [-0.3, -0.25) is 48.1 Å². The molecule has 4 aliphatic rings. The van der Waals surface area contributed by atoms with Crippen molar-refractivity contribution in [2.45, 2.75) is 122 Å². The van der Waals surface area contributed by atoms with Gasteiger partial charge in [0.25, 0.3) is 17.4 Å². The van der Waals surface area contributed by atoms with E-state index in [1.807, 2.05) is 0 Å². The Balaban J connectivity index is 0.976. The third-order valence-electron chi connectivity index (χ3n) is 15.0. The zero-order valence-corrected chi connectivity index (χ0v) is 43.6. The van der Waals surface area contributed by atoms with Gasteiger partial charge in [0.2, 0.25) is 35.4 Å². The van der Waals surface area contributed by atoms with Gasteiger partial charge in [-0.05, 0) is 73.3 Å². The Bertz CT molecular complexity index is 3130. The molecule has 21 nitrogen and oxygen atoms in total. The molecule has 0 radical (unpaired) electrons. The number of ether oxygens (including phenoxy) is 1. The zero-order valence-electron chi connectivity index (χ0n) is 43.6. The summed E-state index contributed by atoms with van der Waals surface area (Å²) in [6, 6.07) is 8.59. The van der Waals surface area contributed by atoms with Gasteiger partial charge >= 0.3 is 0 Å². The standard InChI is InChI=1S/C55H64FN9O12/c1-6-55(76)37-22-41-49-35(27-64(41)53(74)36(37)28-77-54(55)75)34-21-32(20-33-30(4)38(56)23-39(62-49)48(33)34)65(50(29(2)3)52(73)57-5)47(71)26-60-51(72)40(19-31-13-9-7-10-14-31)61-44(68)25-59-43(67)24-58-42(66)15-11-8-12-18-63-45(69)16-17-46(63)70/h7,9-10,13-14,16-17,22-23,29,32,40,50,54,75-76H,6,8,11-12,15,18-21,24-28H2,1-5H3,(H,57,73)(H,58,66)(H,59,67)(H,60,72)(H,61,68)/t32?,40-,50-,54?,55-/m0/s1. The molecule has 0 bridgehead atoms. The summed E-state index contributed by atoms with van der Waals surface area (Å²) in [6.07, 6.45) is 2.68. The van der Waals surface area contributed by atoms with E-state index < -0.39 is 102 Å². The monoisotopic (exact) mass is 1060 g/mol. The van der Waals surface area contributed by atoms with Gasteiger partial charge < -0.3 is 51.0 Å². The Kier molecular flexibility index (Phi) is 16.8. The fourth-order valence-electron chi connectivity index (χ4n) is 10.9. The highest BCUT2D eigenvalue weighted by Crippen LogP contribution is 2.45. The fourth-order valence-corrected chi connectivity index (χ4v) is 10.9. The van der Waals surface area contributed by atoms with Crippen LogP contribution in [-0.4, -0.2) is 134 Å². The van der Waals surface area contributed by atoms with E-state index in [9.17, 15) is 53.4 Å². The zero-order chi connectivity index (χ0) is 55.5. The molecule has 5 heterocycles. The Hall–Kier alpha value is -7.69. The highest BCUT2D eigenvalue weighted by molar-refractivity contribution is 6.12. The number of halogens is 1. The number of likely N-dealkylation sites (N-methyl/N-ethyl adjacent to an activating group) is 1. The first-order valence-electron chi connectivity index (χ1n) is 25.9. The molecular formula is C55H64FN9O12. The summed E-state index contributed by atoms with van der Waals surface area (Å²) in [5, 5.41) is 35.9. The van der Waals surface area contributed by atoms with Crippen molar-refractivity contribution >= 4 is 58.2 Å². The lowest BCUT2D eigenvalue weighted by molar-refractivity contribution is -0.236. The van der Waals surface area contributed by atoms with Crippen LogP contribution in [0.4, 0.5) is 4.39 Å². The molecule has 4 aromatic rings. The van der Waals surface area contributed by atoms with Crippen LogP contribution in [0.2, 0.25) is 0 Å². The molecule has 3 aliphatic heterocycles. The lowest BCUT2D eigenvalue weighted by Crippen LogP contribution is -2.60. The molecule has 0 saturated heterocycles. The number of amides is 8. The summed E-state index contributed by atoms with van der Waals surface area (Å²) < 4.78 is 23.0. The molecular weight excluding hydrogens is 998 g/mol. The van der Waals surface area contributed by atoms with E-state index in [0.29, 0.717) is 69.4 Å². The van der Waals surface area contributed by atoms with Crippen LogP contribution in [0.15, 0.2) is 59.4 Å². The molecule has 5 atom stereocenters. The number of fused-ring (bicyclic) bond motifs is 5. The predicted octanol–water partition coefficient (Wildman–Crippen LogP) is 0.947. The minimum absolute atomic E-state index is 0.0120. The Morgan fingerprint density at radius 1 is 0.870 bits per heavy atom. The molecule has 22 heteroatoms. The van der Waals surface area contributed by atoms with Gasteiger partial charge in [-0.25, -0.2) is 9.37 Å². The van der Waals surface area contributed by atoms with Gasteiger partial charge in [-0.2, -0.15) is 0 Å². The maximum Gasteiger partial charge on any atom is 0.257 e. The minimum atomic E-state index is -1.89. The van der Waals surface area contributed by atoms with Crippen molar-refractivity contribution in [2.24, 2.45) is 5.92 Å². The minimum Gasteiger partial charge on any atom is -0.380 e. The molecule has 77 heavy (non-hydrogen) atoms. The van der Waals surface area contributed by atoms with Crippen LogP contribution in [0, 0.1) is 18.7 Å². The summed E-state index contributed by atoms with van der Waals surface area (Å²) in [5.74, 6) is -5.49. The van der Waals surface area contributed by atoms with Crippen LogP contribution >= 0.6 is 0 Å². The number of nitrogens with zero attached hydrogens (tertiary/aromatic N) is 4. The average Bonchev–Trinajstić information content (AvgIpc) is 4.22. The number of hydrogen-bond acceptors (Lipinski definition) is 13. The number of carbonyl (C=O) groups is 8. The lowest BCUT2D eigenvalue weighted by atomic mass is 9.80. The molecule has 7 N–H and O–H groups in total. The maximum absolute atomic E-state index is 16.1. The normalized spacial score (nSPS) is 18.8. The van der Waals surface area contributed by atoms with Crippen LogP contribution < -0.4 is 32.1 Å². The fraction of sp³-hybridized carbons (Fsp3) is 0.455. The van der Waals surface area contributed by atoms with Crippen molar-refractivity contribution in [1.82, 2.24) is 45.9 Å². The van der Waals surface area contributed by atoms with Crippen molar-refractivity contribution in [3.8, 4) is 11.4 Å². The van der Waals surface area contributed by atoms with Gasteiger partial charge in [0, 0.05) is 72.8 Å². The van der Waals surface area contributed by atoms with Crippen LogP contribution in [0.3, 0.4) is 0 Å². The van der Waals surface area contributed by atoms with Crippen LogP contribution in [-0.2, 0) is 81.1 Å². The number of hydrogen-bond donors (Lipinski definition) is 7. The number of aliphatic hydroxyl groups is 2. The molecule has 0 saturated carbocycles. The summed E-state index contributed by atoms with van der Waals surface area (Å²) in [6.45, 7) is 5.27. The molecule has 0 spiro atoms. The molecule has 8 amide bonds. The third kappa shape index (κ3) is 11.4. The summed E-state index contributed by atoms with van der Waals surface area (Å²) in [5.41, 5.74) is 1.92. The van der Waals surface area contributed by atoms with Crippen molar-refractivity contribution < 1.29 is 57.7 Å². The number of aromatic nitrogens is 2. The summed E-state index contributed by atoms with van der Waals surface area (Å²) in [7, 11) is 1.44. The molecule has 8 rings (SSSR count). The third-order valence-corrected chi connectivity index (χ3v) is 15.0. The topological polar surface area (TPSA) is 288 Å². The van der Waals surface area contributed by atoms with Gasteiger partial charge in [-0.15, -0.1) is 0 Å². The van der Waals surface area contributed by atoms with Gasteiger partial charge in [0.05, 0.1) is 49.7 Å². The van der Waals surface area contributed by atoms with Gasteiger partial charge in [0.15, 0.2) is 6.29 Å². The van der Waals surface area contributed by atoms with Crippen molar-refractivity contribution in [3.63, 3.8) is 0 Å². The van der Waals surface area contributed by atoms with Crippen LogP contribution in [0.1, 0.15) is 91.8 Å². The van der Waals surface area contributed by atoms with Gasteiger partial charge in [-0.1, -0.05) is 57.5 Å². The first kappa shape index (κ1) is 55.5. The maximum atomic E-state index is 16.1. The molecule has 0 fully saturated rings. The second-order valence-corrected chi connectivity index (χ2v) is 20.2. The number of nitrogens with one attached hydrogen (secondary N) is 5.